The van der Waals surface area contributed by atoms with Gasteiger partial charge in [0.15, 0.2) is 0 Å². The van der Waals surface area contributed by atoms with E-state index in [1.807, 2.05) is 0 Å². The summed E-state index contributed by atoms with van der Waals surface area (Å²) < 4.78 is 0. The average Bonchev–Trinajstić information content (AvgIpc) is 3.20. The Morgan fingerprint density at radius 1 is 0.794 bits per heavy atom. The maximum atomic E-state index is 5.12. The SMILES string of the molecule is c1ccc(C2(N3CCC(c4cccc5[nH]c(N6CCNCC6)nc45)CC3)CCCCCC2)cc1. The molecule has 3 fully saturated rings. The highest BCUT2D eigenvalue weighted by Gasteiger charge is 2.40. The molecule has 34 heavy (non-hydrogen) atoms. The van der Waals surface area contributed by atoms with E-state index in [2.05, 4.69) is 68.6 Å². The van der Waals surface area contributed by atoms with Gasteiger partial charge in [-0.2, -0.15) is 0 Å². The highest BCUT2D eigenvalue weighted by molar-refractivity contribution is 5.81. The zero-order valence-electron chi connectivity index (χ0n) is 20.4. The van der Waals surface area contributed by atoms with Gasteiger partial charge in [0.05, 0.1) is 11.0 Å². The Morgan fingerprint density at radius 3 is 2.26 bits per heavy atom. The number of benzene rings is 2. The number of anilines is 1. The molecular formula is C29H39N5. The van der Waals surface area contributed by atoms with Crippen LogP contribution < -0.4 is 10.2 Å². The first kappa shape index (κ1) is 22.1. The van der Waals surface area contributed by atoms with Gasteiger partial charge in [-0.1, -0.05) is 68.1 Å². The Balaban J connectivity index is 1.23. The number of imidazole rings is 1. The number of piperidine rings is 1. The number of piperazine rings is 1. The second-order valence-corrected chi connectivity index (χ2v) is 10.6. The van der Waals surface area contributed by atoms with E-state index in [1.54, 1.807) is 5.56 Å². The molecule has 2 N–H and O–H groups in total. The number of hydrogen-bond acceptors (Lipinski definition) is 4. The minimum Gasteiger partial charge on any atom is -0.340 e. The van der Waals surface area contributed by atoms with Gasteiger partial charge in [-0.25, -0.2) is 4.98 Å². The molecule has 0 radical (unpaired) electrons. The van der Waals surface area contributed by atoms with Crippen LogP contribution in [0.25, 0.3) is 11.0 Å². The summed E-state index contributed by atoms with van der Waals surface area (Å²) >= 11 is 0. The van der Waals surface area contributed by atoms with Gasteiger partial charge in [0, 0.05) is 31.7 Å². The molecule has 0 amide bonds. The molecule has 2 aliphatic heterocycles. The topological polar surface area (TPSA) is 47.2 Å². The number of para-hydroxylation sites is 1. The van der Waals surface area contributed by atoms with Crippen LogP contribution in [0.15, 0.2) is 48.5 Å². The Hall–Kier alpha value is -2.37. The summed E-state index contributed by atoms with van der Waals surface area (Å²) in [5.74, 6) is 1.64. The van der Waals surface area contributed by atoms with Gasteiger partial charge in [-0.05, 0) is 61.9 Å². The number of fused-ring (bicyclic) bond motifs is 1. The molecule has 1 saturated carbocycles. The number of likely N-dealkylation sites (tertiary alicyclic amines) is 1. The number of nitrogens with zero attached hydrogens (tertiary/aromatic N) is 3. The minimum absolute atomic E-state index is 0.233. The number of aromatic nitrogens is 2. The van der Waals surface area contributed by atoms with Crippen molar-refractivity contribution >= 4 is 17.0 Å². The lowest BCUT2D eigenvalue weighted by Crippen LogP contribution is -2.49. The quantitative estimate of drug-likeness (QED) is 0.515. The van der Waals surface area contributed by atoms with Crippen molar-refractivity contribution in [3.05, 3.63) is 59.7 Å². The molecule has 1 aromatic heterocycles. The zero-order valence-corrected chi connectivity index (χ0v) is 20.4. The van der Waals surface area contributed by atoms with Crippen molar-refractivity contribution in [3.63, 3.8) is 0 Å². The fraction of sp³-hybridized carbons (Fsp3) is 0.552. The number of hydrogen-bond donors (Lipinski definition) is 2. The minimum atomic E-state index is 0.233. The molecule has 3 aromatic rings. The van der Waals surface area contributed by atoms with Gasteiger partial charge in [0.25, 0.3) is 0 Å². The number of nitrogens with one attached hydrogen (secondary N) is 2. The van der Waals surface area contributed by atoms with Gasteiger partial charge in [0.2, 0.25) is 5.95 Å². The van der Waals surface area contributed by atoms with E-state index in [0.29, 0.717) is 5.92 Å². The van der Waals surface area contributed by atoms with Crippen molar-refractivity contribution in [1.82, 2.24) is 20.2 Å². The molecule has 5 nitrogen and oxygen atoms in total. The van der Waals surface area contributed by atoms with Crippen LogP contribution in [-0.2, 0) is 5.54 Å². The molecule has 3 heterocycles. The molecule has 3 aliphatic rings. The fourth-order valence-corrected chi connectivity index (χ4v) is 6.86. The first-order chi connectivity index (χ1) is 16.8. The largest absolute Gasteiger partial charge is 0.340 e. The Morgan fingerprint density at radius 2 is 1.53 bits per heavy atom. The van der Waals surface area contributed by atoms with Crippen molar-refractivity contribution < 1.29 is 0 Å². The molecule has 180 valence electrons. The predicted molar refractivity (Wildman–Crippen MR) is 141 cm³/mol. The molecule has 2 aromatic carbocycles. The summed E-state index contributed by atoms with van der Waals surface area (Å²) in [6.07, 6.45) is 10.6. The Kier molecular flexibility index (Phi) is 6.32. The summed E-state index contributed by atoms with van der Waals surface area (Å²) in [6.45, 7) is 6.48. The van der Waals surface area contributed by atoms with Crippen LogP contribution >= 0.6 is 0 Å². The molecule has 1 aliphatic carbocycles. The van der Waals surface area contributed by atoms with E-state index in [0.717, 1.165) is 32.1 Å². The van der Waals surface area contributed by atoms with Gasteiger partial charge in [-0.15, -0.1) is 0 Å². The first-order valence-electron chi connectivity index (χ1n) is 13.6. The predicted octanol–water partition coefficient (Wildman–Crippen LogP) is 5.40. The lowest BCUT2D eigenvalue weighted by Gasteiger charge is -2.48. The van der Waals surface area contributed by atoms with Crippen LogP contribution in [-0.4, -0.2) is 54.1 Å². The van der Waals surface area contributed by atoms with Crippen molar-refractivity contribution in [2.45, 2.75) is 62.8 Å². The van der Waals surface area contributed by atoms with E-state index in [1.165, 1.54) is 81.1 Å². The molecule has 0 unspecified atom stereocenters. The number of rotatable bonds is 4. The van der Waals surface area contributed by atoms with Gasteiger partial charge in [-0.3, -0.25) is 4.90 Å². The zero-order chi connectivity index (χ0) is 22.8. The van der Waals surface area contributed by atoms with Crippen LogP contribution in [0.3, 0.4) is 0 Å². The van der Waals surface area contributed by atoms with Crippen LogP contribution in [0.2, 0.25) is 0 Å². The van der Waals surface area contributed by atoms with E-state index >= 15 is 0 Å². The Bertz CT molecular complexity index is 1070. The van der Waals surface area contributed by atoms with E-state index in [9.17, 15) is 0 Å². The molecule has 0 spiro atoms. The molecule has 6 rings (SSSR count). The van der Waals surface area contributed by atoms with Crippen LogP contribution in [0.4, 0.5) is 5.95 Å². The lowest BCUT2D eigenvalue weighted by atomic mass is 9.78. The molecule has 5 heteroatoms. The van der Waals surface area contributed by atoms with Crippen LogP contribution in [0, 0.1) is 0 Å². The maximum Gasteiger partial charge on any atom is 0.203 e. The van der Waals surface area contributed by atoms with Gasteiger partial charge >= 0.3 is 0 Å². The molecular weight excluding hydrogens is 418 g/mol. The molecule has 2 saturated heterocycles. The number of aromatic amines is 1. The normalized spacial score (nSPS) is 22.6. The summed E-state index contributed by atoms with van der Waals surface area (Å²) in [5.41, 5.74) is 5.62. The third kappa shape index (κ3) is 4.14. The van der Waals surface area contributed by atoms with Gasteiger partial charge < -0.3 is 15.2 Å². The van der Waals surface area contributed by atoms with Crippen molar-refractivity contribution in [1.29, 1.82) is 0 Å². The Labute approximate surface area is 203 Å². The maximum absolute atomic E-state index is 5.12. The highest BCUT2D eigenvalue weighted by Crippen LogP contribution is 2.44. The van der Waals surface area contributed by atoms with Crippen molar-refractivity contribution in [3.8, 4) is 0 Å². The smallest absolute Gasteiger partial charge is 0.203 e. The van der Waals surface area contributed by atoms with E-state index in [4.69, 9.17) is 4.98 Å². The van der Waals surface area contributed by atoms with E-state index < -0.39 is 0 Å². The second-order valence-electron chi connectivity index (χ2n) is 10.6. The monoisotopic (exact) mass is 457 g/mol. The fourth-order valence-electron chi connectivity index (χ4n) is 6.86. The summed E-state index contributed by atoms with van der Waals surface area (Å²) in [7, 11) is 0. The third-order valence-corrected chi connectivity index (χ3v) is 8.73. The molecule has 0 bridgehead atoms. The highest BCUT2D eigenvalue weighted by atomic mass is 15.3. The standard InChI is InChI=1S/C29H39N5/c1-2-7-16-29(15-6-1,24-9-4-3-5-10-24)34-19-13-23(14-20-34)25-11-8-12-26-27(25)32-28(31-26)33-21-17-30-18-22-33/h3-5,8-12,23,30H,1-2,6-7,13-22H2,(H,31,32). The summed E-state index contributed by atoms with van der Waals surface area (Å²) in [6, 6.07) is 18.2. The van der Waals surface area contributed by atoms with Gasteiger partial charge in [0.1, 0.15) is 0 Å². The second kappa shape index (κ2) is 9.71. The third-order valence-electron chi connectivity index (χ3n) is 8.73. The van der Waals surface area contributed by atoms with Crippen LogP contribution in [0.5, 0.6) is 0 Å². The van der Waals surface area contributed by atoms with Crippen LogP contribution in [0.1, 0.15) is 68.4 Å². The molecule has 0 atom stereocenters. The van der Waals surface area contributed by atoms with Crippen molar-refractivity contribution in [2.75, 3.05) is 44.2 Å². The van der Waals surface area contributed by atoms with Crippen molar-refractivity contribution in [2.24, 2.45) is 0 Å². The first-order valence-corrected chi connectivity index (χ1v) is 13.6. The summed E-state index contributed by atoms with van der Waals surface area (Å²) in [4.78, 5) is 14.0. The number of H-pyrrole nitrogens is 1. The average molecular weight is 458 g/mol. The van der Waals surface area contributed by atoms with E-state index in [-0.39, 0.29) is 5.54 Å². The lowest BCUT2D eigenvalue weighted by molar-refractivity contribution is 0.0435. The summed E-state index contributed by atoms with van der Waals surface area (Å²) in [5, 5.41) is 3.44.